The van der Waals surface area contributed by atoms with E-state index in [4.69, 9.17) is 44.9 Å². The molecule has 0 atom stereocenters. The number of halogens is 3. The van der Waals surface area contributed by atoms with Gasteiger partial charge >= 0.3 is 0 Å². The number of methoxy groups -OCH3 is 1. The van der Waals surface area contributed by atoms with E-state index in [0.717, 1.165) is 37.4 Å². The summed E-state index contributed by atoms with van der Waals surface area (Å²) in [5.41, 5.74) is 2.26. The fourth-order valence-electron chi connectivity index (χ4n) is 3.84. The van der Waals surface area contributed by atoms with Gasteiger partial charge in [0.1, 0.15) is 10.8 Å². The van der Waals surface area contributed by atoms with Crippen LogP contribution in [0.3, 0.4) is 0 Å². The van der Waals surface area contributed by atoms with Crippen LogP contribution in [0.5, 0.6) is 11.5 Å². The predicted molar refractivity (Wildman–Crippen MR) is 145 cm³/mol. The SMILES string of the molecule is COc1cc(C(=S)N2CCN(c3ccc(F)cc3)CC2)ccc1OCC(=O)Nc1ccc(Cl)cc1Cl. The molecule has 0 unspecified atom stereocenters. The number of benzene rings is 3. The minimum Gasteiger partial charge on any atom is -0.493 e. The summed E-state index contributed by atoms with van der Waals surface area (Å²) in [4.78, 5) is 17.4. The van der Waals surface area contributed by atoms with Gasteiger partial charge in [0.2, 0.25) is 0 Å². The third-order valence-electron chi connectivity index (χ3n) is 5.73. The maximum Gasteiger partial charge on any atom is 0.262 e. The molecule has 0 aliphatic carbocycles. The number of piperazine rings is 1. The van der Waals surface area contributed by atoms with Crippen molar-refractivity contribution in [2.45, 2.75) is 0 Å². The molecule has 1 amide bonds. The van der Waals surface area contributed by atoms with Gasteiger partial charge in [-0.2, -0.15) is 0 Å². The molecule has 0 spiro atoms. The zero-order valence-corrected chi connectivity index (χ0v) is 21.8. The zero-order valence-electron chi connectivity index (χ0n) is 19.5. The van der Waals surface area contributed by atoms with Crippen LogP contribution in [-0.4, -0.2) is 55.7 Å². The van der Waals surface area contributed by atoms with Crippen molar-refractivity contribution in [1.29, 1.82) is 0 Å². The van der Waals surface area contributed by atoms with Crippen molar-refractivity contribution in [2.75, 3.05) is 50.1 Å². The quantitative estimate of drug-likeness (QED) is 0.385. The van der Waals surface area contributed by atoms with Gasteiger partial charge in [0.05, 0.1) is 17.8 Å². The molecule has 10 heteroatoms. The Morgan fingerprint density at radius 2 is 1.72 bits per heavy atom. The average Bonchev–Trinajstić information content (AvgIpc) is 2.89. The number of ether oxygens (including phenoxy) is 2. The van der Waals surface area contributed by atoms with E-state index in [1.54, 1.807) is 42.5 Å². The molecule has 1 heterocycles. The molecular weight excluding hydrogens is 524 g/mol. The van der Waals surface area contributed by atoms with E-state index in [2.05, 4.69) is 15.1 Å². The predicted octanol–water partition coefficient (Wildman–Crippen LogP) is 5.66. The normalized spacial score (nSPS) is 13.3. The molecule has 4 rings (SSSR count). The van der Waals surface area contributed by atoms with Crippen LogP contribution in [0.1, 0.15) is 5.56 Å². The van der Waals surface area contributed by atoms with Crippen LogP contribution in [0.4, 0.5) is 15.8 Å². The molecule has 188 valence electrons. The lowest BCUT2D eigenvalue weighted by molar-refractivity contribution is -0.118. The fourth-order valence-corrected chi connectivity index (χ4v) is 4.61. The minimum atomic E-state index is -0.375. The summed E-state index contributed by atoms with van der Waals surface area (Å²) in [6.07, 6.45) is 0. The Hall–Kier alpha value is -3.07. The summed E-state index contributed by atoms with van der Waals surface area (Å²) in [6.45, 7) is 2.80. The van der Waals surface area contributed by atoms with E-state index in [9.17, 15) is 9.18 Å². The standard InChI is InChI=1S/C26H24Cl2FN3O3S/c1-34-24-14-17(26(36)32-12-10-31(11-13-32)20-6-4-19(29)5-7-20)2-9-23(24)35-16-25(33)30-22-8-3-18(27)15-21(22)28/h2-9,14-15H,10-13,16H2,1H3,(H,30,33). The van der Waals surface area contributed by atoms with Crippen molar-refractivity contribution in [3.05, 3.63) is 82.1 Å². The summed E-state index contributed by atoms with van der Waals surface area (Å²) in [5, 5.41) is 3.51. The van der Waals surface area contributed by atoms with Crippen LogP contribution in [0.2, 0.25) is 10.0 Å². The van der Waals surface area contributed by atoms with E-state index in [1.807, 2.05) is 6.07 Å². The molecule has 0 bridgehead atoms. The first-order valence-corrected chi connectivity index (χ1v) is 12.4. The smallest absolute Gasteiger partial charge is 0.262 e. The first-order valence-electron chi connectivity index (χ1n) is 11.2. The Labute approximate surface area is 224 Å². The number of hydrogen-bond donors (Lipinski definition) is 1. The van der Waals surface area contributed by atoms with Crippen molar-refractivity contribution in [3.63, 3.8) is 0 Å². The molecule has 6 nitrogen and oxygen atoms in total. The summed E-state index contributed by atoms with van der Waals surface area (Å²) >= 11 is 17.7. The highest BCUT2D eigenvalue weighted by atomic mass is 35.5. The van der Waals surface area contributed by atoms with Gasteiger partial charge in [0.15, 0.2) is 18.1 Å². The van der Waals surface area contributed by atoms with Crippen LogP contribution in [0.25, 0.3) is 0 Å². The molecule has 1 N–H and O–H groups in total. The van der Waals surface area contributed by atoms with Crippen molar-refractivity contribution in [1.82, 2.24) is 4.90 Å². The molecule has 3 aromatic carbocycles. The highest BCUT2D eigenvalue weighted by Gasteiger charge is 2.21. The first-order chi connectivity index (χ1) is 17.3. The maximum atomic E-state index is 13.2. The highest BCUT2D eigenvalue weighted by Crippen LogP contribution is 2.30. The molecule has 1 fully saturated rings. The molecule has 1 saturated heterocycles. The number of thiocarbonyl (C=S) groups is 1. The largest absolute Gasteiger partial charge is 0.493 e. The molecule has 1 aliphatic heterocycles. The summed E-state index contributed by atoms with van der Waals surface area (Å²) in [7, 11) is 1.53. The Morgan fingerprint density at radius 3 is 2.39 bits per heavy atom. The van der Waals surface area contributed by atoms with Gasteiger partial charge in [0.25, 0.3) is 5.91 Å². The van der Waals surface area contributed by atoms with Crippen molar-refractivity contribution >= 4 is 57.7 Å². The molecule has 1 aliphatic rings. The van der Waals surface area contributed by atoms with Crippen LogP contribution in [0, 0.1) is 5.82 Å². The number of amides is 1. The third-order valence-corrected chi connectivity index (χ3v) is 6.77. The number of carbonyl (C=O) groups is 1. The Bertz CT molecular complexity index is 1250. The van der Waals surface area contributed by atoms with Gasteiger partial charge in [-0.1, -0.05) is 35.4 Å². The monoisotopic (exact) mass is 547 g/mol. The lowest BCUT2D eigenvalue weighted by atomic mass is 10.1. The number of rotatable bonds is 7. The Kier molecular flexibility index (Phi) is 8.51. The number of hydrogen-bond acceptors (Lipinski definition) is 5. The number of nitrogens with zero attached hydrogens (tertiary/aromatic N) is 2. The van der Waals surface area contributed by atoms with Gasteiger partial charge in [-0.15, -0.1) is 0 Å². The Morgan fingerprint density at radius 1 is 1.00 bits per heavy atom. The van der Waals surface area contributed by atoms with E-state index in [0.29, 0.717) is 32.2 Å². The summed E-state index contributed by atoms with van der Waals surface area (Å²) in [6, 6.07) is 16.7. The molecule has 3 aromatic rings. The lowest BCUT2D eigenvalue weighted by Crippen LogP contribution is -2.48. The van der Waals surface area contributed by atoms with Gasteiger partial charge in [-0.25, -0.2) is 4.39 Å². The van der Waals surface area contributed by atoms with Gasteiger partial charge in [0, 0.05) is 42.5 Å². The van der Waals surface area contributed by atoms with E-state index >= 15 is 0 Å². The topological polar surface area (TPSA) is 54.0 Å². The number of carbonyl (C=O) groups excluding carboxylic acids is 1. The van der Waals surface area contributed by atoms with E-state index < -0.39 is 0 Å². The third kappa shape index (κ3) is 6.37. The maximum absolute atomic E-state index is 13.2. The van der Waals surface area contributed by atoms with Crippen molar-refractivity contribution < 1.29 is 18.7 Å². The fraction of sp³-hybridized carbons (Fsp3) is 0.231. The van der Waals surface area contributed by atoms with E-state index in [-0.39, 0.29) is 18.3 Å². The second-order valence-electron chi connectivity index (χ2n) is 8.08. The van der Waals surface area contributed by atoms with Crippen molar-refractivity contribution in [3.8, 4) is 11.5 Å². The molecule has 0 radical (unpaired) electrons. The van der Waals surface area contributed by atoms with Gasteiger partial charge < -0.3 is 24.6 Å². The second kappa shape index (κ2) is 11.8. The lowest BCUT2D eigenvalue weighted by Gasteiger charge is -2.37. The van der Waals surface area contributed by atoms with Gasteiger partial charge in [-0.3, -0.25) is 4.79 Å². The average molecular weight is 548 g/mol. The first kappa shape index (κ1) is 26.0. The number of anilines is 2. The van der Waals surface area contributed by atoms with Crippen LogP contribution >= 0.6 is 35.4 Å². The molecule has 36 heavy (non-hydrogen) atoms. The Balaban J connectivity index is 1.34. The molecular formula is C26H24Cl2FN3O3S. The van der Waals surface area contributed by atoms with E-state index in [1.165, 1.54) is 19.2 Å². The highest BCUT2D eigenvalue weighted by molar-refractivity contribution is 7.80. The summed E-state index contributed by atoms with van der Waals surface area (Å²) < 4.78 is 24.4. The minimum absolute atomic E-state index is 0.232. The molecule has 0 aromatic heterocycles. The van der Waals surface area contributed by atoms with Gasteiger partial charge in [-0.05, 0) is 60.7 Å². The van der Waals surface area contributed by atoms with Crippen LogP contribution in [0.15, 0.2) is 60.7 Å². The second-order valence-corrected chi connectivity index (χ2v) is 9.31. The molecule has 0 saturated carbocycles. The van der Waals surface area contributed by atoms with Crippen LogP contribution in [-0.2, 0) is 4.79 Å². The van der Waals surface area contributed by atoms with Crippen LogP contribution < -0.4 is 19.7 Å². The zero-order chi connectivity index (χ0) is 25.7. The van der Waals surface area contributed by atoms with Crippen molar-refractivity contribution in [2.24, 2.45) is 0 Å². The number of nitrogens with one attached hydrogen (secondary N) is 1. The summed E-state index contributed by atoms with van der Waals surface area (Å²) in [5.74, 6) is 0.270.